The van der Waals surface area contributed by atoms with Crippen molar-refractivity contribution in [3.8, 4) is 5.75 Å². The lowest BCUT2D eigenvalue weighted by atomic mass is 9.82. The number of hydrogen-bond acceptors (Lipinski definition) is 9. The topological polar surface area (TPSA) is 144 Å². The van der Waals surface area contributed by atoms with Crippen LogP contribution in [-0.2, 0) is 49.0 Å². The van der Waals surface area contributed by atoms with Gasteiger partial charge in [-0.3, -0.25) is 19.2 Å². The number of fused-ring (bicyclic) bond motifs is 3. The number of aliphatic hydroxyl groups excluding tert-OH is 1. The minimum atomic E-state index is -2.62. The molecule has 1 spiro atoms. The zero-order valence-electron chi connectivity index (χ0n) is 35.9. The molecule has 5 atom stereocenters. The molecule has 4 amide bonds. The Hall–Kier alpha value is -5.38. The number of nitrogens with one attached hydrogen (secondary N) is 2. The fourth-order valence-corrected chi connectivity index (χ4v) is 14.9. The zero-order chi connectivity index (χ0) is 43.3. The Bertz CT molecular complexity index is 2390. The molecule has 0 aromatic heterocycles. The van der Waals surface area contributed by atoms with Crippen molar-refractivity contribution in [3.05, 3.63) is 113 Å². The lowest BCUT2D eigenvalue weighted by Gasteiger charge is -2.39. The van der Waals surface area contributed by atoms with Gasteiger partial charge >= 0.3 is 0 Å². The van der Waals surface area contributed by atoms with Crippen molar-refractivity contribution >= 4 is 54.0 Å². The van der Waals surface area contributed by atoms with Crippen LogP contribution in [0.2, 0.25) is 18.6 Å². The normalized spacial score (nSPS) is 25.1. The summed E-state index contributed by atoms with van der Waals surface area (Å²) in [6.45, 7) is 9.98. The number of anilines is 3. The van der Waals surface area contributed by atoms with Gasteiger partial charge in [0.25, 0.3) is 5.91 Å². The number of carbonyl (C=O) groups is 4. The molecule has 5 heterocycles. The largest absolute Gasteiger partial charge is 0.497 e. The lowest BCUT2D eigenvalue weighted by Crippen LogP contribution is -2.52. The standard InChI is InChI=1S/C48H56N6O7Si/c1-31-46(62(3,4)39-15-13-38(60-2)14-16-39)42(25-43(56)53-29-34-10-6-5-9-33(34)23-37(53)30-55)61-48(31)40-24-36(52-21-19-50-27-45(52)58)12-17-41(40)54(47(48)59)28-32-8-7-11-35(22-32)51-20-18-49-26-44(51)57/h5-17,22,24,31,37,42,46,49-50,55H,18-21,23,25-30H2,1-4H3/t31-,37+,42+,46-,48+/m1/s1. The van der Waals surface area contributed by atoms with Crippen LogP contribution in [-0.4, -0.2) is 107 Å². The predicted octanol–water partition coefficient (Wildman–Crippen LogP) is 3.67. The Kier molecular flexibility index (Phi) is 11.3. The van der Waals surface area contributed by atoms with Gasteiger partial charge in [-0.25, -0.2) is 0 Å². The van der Waals surface area contributed by atoms with Crippen molar-refractivity contribution in [1.29, 1.82) is 0 Å². The highest BCUT2D eigenvalue weighted by atomic mass is 28.3. The SMILES string of the molecule is COc1ccc([Si](C)(C)[C@H]2[C@H](CC(=O)N3Cc4ccccc4C[C@H]3CO)O[C@@]3(C(=O)N(Cc4cccc(N5CCNCC5=O)c4)c4ccc(N5CCNCC5=O)cc43)[C@@H]2C)cc1. The van der Waals surface area contributed by atoms with Crippen LogP contribution in [0, 0.1) is 5.92 Å². The first-order valence-electron chi connectivity index (χ1n) is 21.8. The van der Waals surface area contributed by atoms with E-state index < -0.39 is 25.7 Å². The van der Waals surface area contributed by atoms with Crippen molar-refractivity contribution in [2.24, 2.45) is 5.92 Å². The summed E-state index contributed by atoms with van der Waals surface area (Å²) in [6.07, 6.45) is -0.0690. The maximum absolute atomic E-state index is 15.8. The monoisotopic (exact) mass is 856 g/mol. The van der Waals surface area contributed by atoms with E-state index in [0.29, 0.717) is 56.1 Å². The summed E-state index contributed by atoms with van der Waals surface area (Å²) in [7, 11) is -0.980. The summed E-state index contributed by atoms with van der Waals surface area (Å²) in [5.41, 5.74) is 4.20. The van der Waals surface area contributed by atoms with E-state index in [4.69, 9.17) is 9.47 Å². The van der Waals surface area contributed by atoms with Crippen LogP contribution in [0.4, 0.5) is 17.1 Å². The molecule has 0 saturated carbocycles. The van der Waals surface area contributed by atoms with Gasteiger partial charge in [0.15, 0.2) is 5.60 Å². The average Bonchev–Trinajstić information content (AvgIpc) is 3.71. The smallest absolute Gasteiger partial charge is 0.264 e. The molecular formula is C48H56N6O7Si. The number of nitrogens with zero attached hydrogens (tertiary/aromatic N) is 4. The van der Waals surface area contributed by atoms with E-state index in [-0.39, 0.29) is 67.9 Å². The Labute approximate surface area is 364 Å². The van der Waals surface area contributed by atoms with E-state index in [1.54, 1.807) is 26.7 Å². The number of benzene rings is 4. The molecule has 4 aromatic carbocycles. The molecule has 14 heteroatoms. The highest BCUT2D eigenvalue weighted by Crippen LogP contribution is 2.60. The maximum atomic E-state index is 15.8. The minimum absolute atomic E-state index is 0.00698. The summed E-state index contributed by atoms with van der Waals surface area (Å²) in [5.74, 6) is -0.0514. The van der Waals surface area contributed by atoms with Gasteiger partial charge in [-0.05, 0) is 71.1 Å². The molecule has 5 aliphatic rings. The van der Waals surface area contributed by atoms with Crippen LogP contribution in [0.25, 0.3) is 0 Å². The quantitative estimate of drug-likeness (QED) is 0.204. The van der Waals surface area contributed by atoms with Gasteiger partial charge in [-0.15, -0.1) is 0 Å². The molecule has 9 rings (SSSR count). The van der Waals surface area contributed by atoms with E-state index in [1.807, 2.05) is 72.8 Å². The molecule has 5 aliphatic heterocycles. The van der Waals surface area contributed by atoms with Crippen LogP contribution in [0.5, 0.6) is 5.75 Å². The van der Waals surface area contributed by atoms with Gasteiger partial charge in [0.2, 0.25) is 17.7 Å². The number of ether oxygens (including phenoxy) is 2. The van der Waals surface area contributed by atoms with Gasteiger partial charge < -0.3 is 44.8 Å². The third-order valence-electron chi connectivity index (χ3n) is 14.1. The Morgan fingerprint density at radius 2 is 1.55 bits per heavy atom. The van der Waals surface area contributed by atoms with Crippen LogP contribution in [0.1, 0.15) is 35.6 Å². The summed E-state index contributed by atoms with van der Waals surface area (Å²) in [6, 6.07) is 29.4. The van der Waals surface area contributed by atoms with E-state index in [1.165, 1.54) is 0 Å². The number of carbonyl (C=O) groups excluding carboxylic acids is 4. The van der Waals surface area contributed by atoms with Crippen LogP contribution < -0.4 is 35.3 Å². The molecule has 0 unspecified atom stereocenters. The Morgan fingerprint density at radius 1 is 0.871 bits per heavy atom. The number of methoxy groups -OCH3 is 1. The van der Waals surface area contributed by atoms with Gasteiger partial charge in [0.1, 0.15) is 5.75 Å². The second-order valence-electron chi connectivity index (χ2n) is 17.9. The molecule has 0 aliphatic carbocycles. The van der Waals surface area contributed by atoms with Crippen LogP contribution in [0.15, 0.2) is 91.0 Å². The summed E-state index contributed by atoms with van der Waals surface area (Å²) >= 11 is 0. The van der Waals surface area contributed by atoms with Crippen molar-refractivity contribution in [2.75, 3.05) is 67.7 Å². The zero-order valence-corrected chi connectivity index (χ0v) is 36.9. The highest BCUT2D eigenvalue weighted by Gasteiger charge is 2.66. The number of amides is 4. The number of rotatable bonds is 10. The van der Waals surface area contributed by atoms with Gasteiger partial charge in [0, 0.05) is 55.6 Å². The number of hydrogen-bond donors (Lipinski definition) is 3. The number of piperazine rings is 2. The fourth-order valence-electron chi connectivity index (χ4n) is 10.9. The van der Waals surface area contributed by atoms with E-state index >= 15 is 4.79 Å². The molecular weight excluding hydrogens is 801 g/mol. The van der Waals surface area contributed by atoms with Crippen molar-refractivity contribution in [2.45, 2.75) is 69.2 Å². The first-order chi connectivity index (χ1) is 29.9. The molecule has 3 N–H and O–H groups in total. The molecule has 4 aromatic rings. The average molecular weight is 857 g/mol. The van der Waals surface area contributed by atoms with Gasteiger partial charge in [-0.1, -0.05) is 73.7 Å². The first-order valence-corrected chi connectivity index (χ1v) is 24.9. The molecule has 0 bridgehead atoms. The molecule has 3 saturated heterocycles. The molecule has 0 radical (unpaired) electrons. The van der Waals surface area contributed by atoms with Crippen molar-refractivity contribution in [3.63, 3.8) is 0 Å². The van der Waals surface area contributed by atoms with E-state index in [2.05, 4.69) is 48.9 Å². The molecule has 62 heavy (non-hydrogen) atoms. The minimum Gasteiger partial charge on any atom is -0.497 e. The first kappa shape index (κ1) is 41.9. The van der Waals surface area contributed by atoms with E-state index in [0.717, 1.165) is 33.3 Å². The second kappa shape index (κ2) is 16.7. The summed E-state index contributed by atoms with van der Waals surface area (Å²) < 4.78 is 13.0. The fraction of sp³-hybridized carbons (Fsp3) is 0.417. The summed E-state index contributed by atoms with van der Waals surface area (Å²) in [4.78, 5) is 63.9. The van der Waals surface area contributed by atoms with Crippen LogP contribution in [0.3, 0.4) is 0 Å². The molecule has 324 valence electrons. The summed E-state index contributed by atoms with van der Waals surface area (Å²) in [5, 5.41) is 18.0. The van der Waals surface area contributed by atoms with Gasteiger partial charge in [0.05, 0.1) is 65.7 Å². The van der Waals surface area contributed by atoms with Crippen molar-refractivity contribution in [1.82, 2.24) is 15.5 Å². The highest BCUT2D eigenvalue weighted by molar-refractivity contribution is 6.91. The lowest BCUT2D eigenvalue weighted by molar-refractivity contribution is -0.151. The Morgan fingerprint density at radius 3 is 2.21 bits per heavy atom. The van der Waals surface area contributed by atoms with Crippen molar-refractivity contribution < 1.29 is 33.8 Å². The van der Waals surface area contributed by atoms with Crippen LogP contribution >= 0.6 is 0 Å². The van der Waals surface area contributed by atoms with Gasteiger partial charge in [-0.2, -0.15) is 0 Å². The molecule has 3 fully saturated rings. The van der Waals surface area contributed by atoms with E-state index in [9.17, 15) is 19.5 Å². The number of aliphatic hydroxyl groups is 1. The third kappa shape index (κ3) is 7.21. The molecule has 13 nitrogen and oxygen atoms in total. The third-order valence-corrected chi connectivity index (χ3v) is 18.5. The maximum Gasteiger partial charge on any atom is 0.264 e. The predicted molar refractivity (Wildman–Crippen MR) is 240 cm³/mol. The Balaban J connectivity index is 1.14. The second-order valence-corrected chi connectivity index (χ2v) is 22.6.